The maximum absolute atomic E-state index is 11.5. The summed E-state index contributed by atoms with van der Waals surface area (Å²) < 4.78 is 5.42. The second-order valence-electron chi connectivity index (χ2n) is 4.81. The predicted molar refractivity (Wildman–Crippen MR) is 76.5 cm³/mol. The molecule has 0 saturated heterocycles. The van der Waals surface area contributed by atoms with E-state index in [1.165, 1.54) is 6.33 Å². The van der Waals surface area contributed by atoms with Crippen LogP contribution in [0, 0.1) is 0 Å². The van der Waals surface area contributed by atoms with Crippen molar-refractivity contribution in [2.24, 2.45) is 0 Å². The van der Waals surface area contributed by atoms with E-state index in [1.54, 1.807) is 0 Å². The second kappa shape index (κ2) is 6.93. The number of carbonyl (C=O) groups excluding carboxylic acids is 1. The first kappa shape index (κ1) is 14.4. The molecule has 4 N–H and O–H groups in total. The fourth-order valence-electron chi connectivity index (χ4n) is 1.66. The zero-order chi connectivity index (χ0) is 14.4. The van der Waals surface area contributed by atoms with E-state index in [1.807, 2.05) is 6.92 Å². The number of nitrogens with two attached hydrogens (primary N) is 1. The fraction of sp³-hybridized carbons (Fsp3) is 0.615. The number of rotatable bonds is 8. The van der Waals surface area contributed by atoms with Gasteiger partial charge in [0, 0.05) is 19.0 Å². The first-order valence-corrected chi connectivity index (χ1v) is 6.97. The number of nitrogens with one attached hydrogen (secondary N) is 2. The van der Waals surface area contributed by atoms with Gasteiger partial charge in [-0.2, -0.15) is 4.98 Å². The molecule has 0 spiro atoms. The van der Waals surface area contributed by atoms with Crippen LogP contribution in [0.5, 0.6) is 5.88 Å². The van der Waals surface area contributed by atoms with Gasteiger partial charge < -0.3 is 21.1 Å². The minimum Gasteiger partial charge on any atom is -0.476 e. The van der Waals surface area contributed by atoms with Crippen LogP contribution in [0.3, 0.4) is 0 Å². The minimum absolute atomic E-state index is 0.0510. The second-order valence-corrected chi connectivity index (χ2v) is 4.81. The van der Waals surface area contributed by atoms with Gasteiger partial charge in [0.2, 0.25) is 11.8 Å². The summed E-state index contributed by atoms with van der Waals surface area (Å²) in [5.74, 6) is 0.937. The molecular weight excluding hydrogens is 258 g/mol. The fourth-order valence-corrected chi connectivity index (χ4v) is 1.66. The van der Waals surface area contributed by atoms with Crippen molar-refractivity contribution in [2.45, 2.75) is 38.6 Å². The van der Waals surface area contributed by atoms with E-state index in [2.05, 4.69) is 20.6 Å². The Morgan fingerprint density at radius 1 is 1.50 bits per heavy atom. The SMILES string of the molecule is CCCOc1ncnc(NCCC(=O)NC2CC2)c1N. The molecule has 2 rings (SSSR count). The summed E-state index contributed by atoms with van der Waals surface area (Å²) in [6.45, 7) is 3.05. The van der Waals surface area contributed by atoms with E-state index in [0.717, 1.165) is 19.3 Å². The van der Waals surface area contributed by atoms with Crippen LogP contribution in [0.1, 0.15) is 32.6 Å². The molecule has 0 unspecified atom stereocenters. The number of ether oxygens (including phenoxy) is 1. The van der Waals surface area contributed by atoms with Crippen molar-refractivity contribution >= 4 is 17.4 Å². The summed E-state index contributed by atoms with van der Waals surface area (Å²) in [5.41, 5.74) is 6.30. The van der Waals surface area contributed by atoms with Gasteiger partial charge in [0.05, 0.1) is 6.61 Å². The number of hydrogen-bond donors (Lipinski definition) is 3. The molecule has 1 aliphatic carbocycles. The molecule has 1 saturated carbocycles. The number of anilines is 2. The van der Waals surface area contributed by atoms with Crippen LogP contribution in [0.4, 0.5) is 11.5 Å². The van der Waals surface area contributed by atoms with Crippen LogP contribution in [0.25, 0.3) is 0 Å². The number of nitrogen functional groups attached to an aromatic ring is 1. The lowest BCUT2D eigenvalue weighted by Crippen LogP contribution is -2.27. The molecule has 7 heteroatoms. The summed E-state index contributed by atoms with van der Waals surface area (Å²) in [6.07, 6.45) is 4.86. The molecule has 0 aliphatic heterocycles. The molecule has 1 aliphatic rings. The molecule has 20 heavy (non-hydrogen) atoms. The minimum atomic E-state index is 0.0510. The highest BCUT2D eigenvalue weighted by Gasteiger charge is 2.22. The zero-order valence-corrected chi connectivity index (χ0v) is 11.7. The van der Waals surface area contributed by atoms with E-state index < -0.39 is 0 Å². The molecule has 1 aromatic heterocycles. The van der Waals surface area contributed by atoms with Gasteiger partial charge in [-0.05, 0) is 19.3 Å². The van der Waals surface area contributed by atoms with Crippen molar-refractivity contribution in [1.82, 2.24) is 15.3 Å². The monoisotopic (exact) mass is 279 g/mol. The molecule has 0 bridgehead atoms. The highest BCUT2D eigenvalue weighted by molar-refractivity contribution is 5.77. The van der Waals surface area contributed by atoms with Crippen LogP contribution >= 0.6 is 0 Å². The Morgan fingerprint density at radius 3 is 3.00 bits per heavy atom. The summed E-state index contributed by atoms with van der Waals surface area (Å²) in [5, 5.41) is 5.96. The van der Waals surface area contributed by atoms with Gasteiger partial charge in [0.25, 0.3) is 0 Å². The molecule has 0 atom stereocenters. The normalized spacial score (nSPS) is 13.8. The third kappa shape index (κ3) is 4.25. The Labute approximate surface area is 118 Å². The molecular formula is C13H21N5O2. The van der Waals surface area contributed by atoms with Gasteiger partial charge >= 0.3 is 0 Å². The molecule has 1 amide bonds. The van der Waals surface area contributed by atoms with Crippen LogP contribution in [-0.4, -0.2) is 35.1 Å². The quantitative estimate of drug-likeness (QED) is 0.654. The van der Waals surface area contributed by atoms with Crippen molar-refractivity contribution in [1.29, 1.82) is 0 Å². The maximum atomic E-state index is 11.5. The Bertz CT molecular complexity index is 462. The smallest absolute Gasteiger partial charge is 0.242 e. The van der Waals surface area contributed by atoms with E-state index in [0.29, 0.717) is 43.0 Å². The molecule has 0 radical (unpaired) electrons. The lowest BCUT2D eigenvalue weighted by molar-refractivity contribution is -0.120. The average Bonchev–Trinajstić information content (AvgIpc) is 3.23. The Kier molecular flexibility index (Phi) is 4.97. The van der Waals surface area contributed by atoms with Crippen LogP contribution < -0.4 is 21.1 Å². The molecule has 7 nitrogen and oxygen atoms in total. The molecule has 1 fully saturated rings. The molecule has 110 valence electrons. The van der Waals surface area contributed by atoms with E-state index >= 15 is 0 Å². The number of amides is 1. The van der Waals surface area contributed by atoms with Gasteiger partial charge in [0.1, 0.15) is 12.0 Å². The Morgan fingerprint density at radius 2 is 2.30 bits per heavy atom. The van der Waals surface area contributed by atoms with E-state index in [4.69, 9.17) is 10.5 Å². The van der Waals surface area contributed by atoms with Crippen LogP contribution in [-0.2, 0) is 4.79 Å². The highest BCUT2D eigenvalue weighted by Crippen LogP contribution is 2.24. The van der Waals surface area contributed by atoms with Gasteiger partial charge in [-0.1, -0.05) is 6.92 Å². The van der Waals surface area contributed by atoms with Crippen molar-refractivity contribution in [3.05, 3.63) is 6.33 Å². The van der Waals surface area contributed by atoms with Crippen molar-refractivity contribution in [3.8, 4) is 5.88 Å². The van der Waals surface area contributed by atoms with Crippen molar-refractivity contribution < 1.29 is 9.53 Å². The average molecular weight is 279 g/mol. The maximum Gasteiger partial charge on any atom is 0.242 e. The Hall–Kier alpha value is -2.05. The first-order chi connectivity index (χ1) is 9.70. The standard InChI is InChI=1S/C13H21N5O2/c1-2-7-20-13-11(14)12(16-8-17-13)15-6-5-10(19)18-9-3-4-9/h8-9H,2-7,14H2,1H3,(H,18,19)(H,15,16,17). The third-order valence-electron chi connectivity index (χ3n) is 2.88. The van der Waals surface area contributed by atoms with Gasteiger partial charge in [-0.3, -0.25) is 4.79 Å². The third-order valence-corrected chi connectivity index (χ3v) is 2.88. The highest BCUT2D eigenvalue weighted by atomic mass is 16.5. The van der Waals surface area contributed by atoms with Crippen molar-refractivity contribution in [3.63, 3.8) is 0 Å². The lowest BCUT2D eigenvalue weighted by Gasteiger charge is -2.11. The van der Waals surface area contributed by atoms with Gasteiger partial charge in [0.15, 0.2) is 5.82 Å². The number of aromatic nitrogens is 2. The predicted octanol–water partition coefficient (Wildman–Crippen LogP) is 0.928. The van der Waals surface area contributed by atoms with Gasteiger partial charge in [-0.25, -0.2) is 4.98 Å². The summed E-state index contributed by atoms with van der Waals surface area (Å²) in [7, 11) is 0. The Balaban J connectivity index is 1.80. The molecule has 1 heterocycles. The summed E-state index contributed by atoms with van der Waals surface area (Å²) >= 11 is 0. The summed E-state index contributed by atoms with van der Waals surface area (Å²) in [6, 6.07) is 0.390. The first-order valence-electron chi connectivity index (χ1n) is 6.97. The van der Waals surface area contributed by atoms with E-state index in [9.17, 15) is 4.79 Å². The largest absolute Gasteiger partial charge is 0.476 e. The van der Waals surface area contributed by atoms with Crippen LogP contribution in [0.15, 0.2) is 6.33 Å². The number of hydrogen-bond acceptors (Lipinski definition) is 6. The van der Waals surface area contributed by atoms with E-state index in [-0.39, 0.29) is 5.91 Å². The molecule has 1 aromatic rings. The number of nitrogens with zero attached hydrogens (tertiary/aromatic N) is 2. The topological polar surface area (TPSA) is 102 Å². The molecule has 0 aromatic carbocycles. The zero-order valence-electron chi connectivity index (χ0n) is 11.7. The van der Waals surface area contributed by atoms with Gasteiger partial charge in [-0.15, -0.1) is 0 Å². The van der Waals surface area contributed by atoms with Crippen molar-refractivity contribution in [2.75, 3.05) is 24.2 Å². The van der Waals surface area contributed by atoms with Crippen LogP contribution in [0.2, 0.25) is 0 Å². The number of carbonyl (C=O) groups is 1. The lowest BCUT2D eigenvalue weighted by atomic mass is 10.3. The summed E-state index contributed by atoms with van der Waals surface area (Å²) in [4.78, 5) is 19.6.